The summed E-state index contributed by atoms with van der Waals surface area (Å²) in [7, 11) is 0. The predicted molar refractivity (Wildman–Crippen MR) is 113 cm³/mol. The fourth-order valence-corrected chi connectivity index (χ4v) is 4.21. The van der Waals surface area contributed by atoms with Gasteiger partial charge in [0.2, 0.25) is 0 Å². The molecule has 5 heteroatoms. The van der Waals surface area contributed by atoms with E-state index in [1.54, 1.807) is 24.4 Å². The third-order valence-corrected chi connectivity index (χ3v) is 5.82. The van der Waals surface area contributed by atoms with Gasteiger partial charge in [-0.2, -0.15) is 0 Å². The van der Waals surface area contributed by atoms with E-state index in [9.17, 15) is 14.7 Å². The van der Waals surface area contributed by atoms with Crippen LogP contribution in [0.1, 0.15) is 68.6 Å². The van der Waals surface area contributed by atoms with E-state index >= 15 is 0 Å². The molecule has 0 spiro atoms. The van der Waals surface area contributed by atoms with Gasteiger partial charge in [-0.25, -0.2) is 0 Å². The van der Waals surface area contributed by atoms with Crippen LogP contribution in [-0.2, 0) is 6.54 Å². The van der Waals surface area contributed by atoms with Crippen LogP contribution in [-0.4, -0.2) is 28.2 Å². The average molecular weight is 385 g/mol. The number of nitrogens with zero attached hydrogens (tertiary/aromatic N) is 1. The second-order valence-corrected chi connectivity index (χ2v) is 8.05. The molecule has 1 aliphatic carbocycles. The minimum atomic E-state index is -0.536. The lowest BCUT2D eigenvalue weighted by Gasteiger charge is -2.16. The number of aromatic nitrogens is 1. The molecule has 1 fully saturated rings. The molecule has 152 valence electrons. The molecule has 1 atom stereocenters. The van der Waals surface area contributed by atoms with Crippen molar-refractivity contribution in [2.24, 2.45) is 5.92 Å². The highest BCUT2D eigenvalue weighted by molar-refractivity contribution is 6.06. The molecule has 5 nitrogen and oxygen atoms in total. The molecule has 0 bridgehead atoms. The molecule has 28 heavy (non-hydrogen) atoms. The molecule has 1 unspecified atom stereocenters. The van der Waals surface area contributed by atoms with Gasteiger partial charge in [-0.05, 0) is 43.4 Å². The summed E-state index contributed by atoms with van der Waals surface area (Å²) in [5.74, 6) is 0.441. The van der Waals surface area contributed by atoms with Crippen LogP contribution in [0.4, 0.5) is 0 Å². The lowest BCUT2D eigenvalue weighted by Crippen LogP contribution is -2.30. The zero-order chi connectivity index (χ0) is 19.9. The molecule has 2 aromatic rings. The van der Waals surface area contributed by atoms with Gasteiger partial charge in [0, 0.05) is 29.1 Å². The Morgan fingerprint density at radius 2 is 1.93 bits per heavy atom. The third kappa shape index (κ3) is 5.02. The van der Waals surface area contributed by atoms with Crippen molar-refractivity contribution >= 4 is 16.7 Å². The quantitative estimate of drug-likeness (QED) is 0.712. The number of rotatable bonds is 7. The maximum absolute atomic E-state index is 12.8. The molecule has 1 aromatic carbocycles. The van der Waals surface area contributed by atoms with Crippen molar-refractivity contribution in [3.05, 3.63) is 46.4 Å². The van der Waals surface area contributed by atoms with Gasteiger partial charge in [-0.15, -0.1) is 0 Å². The first kappa shape index (κ1) is 20.6. The third-order valence-electron chi connectivity index (χ3n) is 5.82. The van der Waals surface area contributed by atoms with E-state index < -0.39 is 6.10 Å². The SMILES string of the molecule is CCCC(O)Cn1ccc2c(C(=O)NCC3CCCCCC3)cccc2c1=O. The summed E-state index contributed by atoms with van der Waals surface area (Å²) in [5, 5.41) is 14.3. The molecular formula is C23H32N2O3. The van der Waals surface area contributed by atoms with Crippen LogP contribution in [0.25, 0.3) is 10.8 Å². The monoisotopic (exact) mass is 384 g/mol. The van der Waals surface area contributed by atoms with Crippen LogP contribution in [0.3, 0.4) is 0 Å². The second-order valence-electron chi connectivity index (χ2n) is 8.05. The first-order chi connectivity index (χ1) is 13.6. The Bertz CT molecular complexity index is 851. The van der Waals surface area contributed by atoms with E-state index in [1.165, 1.54) is 43.1 Å². The molecule has 3 rings (SSSR count). The van der Waals surface area contributed by atoms with Crippen LogP contribution >= 0.6 is 0 Å². The first-order valence-electron chi connectivity index (χ1n) is 10.7. The van der Waals surface area contributed by atoms with Gasteiger partial charge < -0.3 is 15.0 Å². The Kier molecular flexibility index (Phi) is 7.26. The van der Waals surface area contributed by atoms with Crippen molar-refractivity contribution in [1.82, 2.24) is 9.88 Å². The number of fused-ring (bicyclic) bond motifs is 1. The highest BCUT2D eigenvalue weighted by Gasteiger charge is 2.16. The molecular weight excluding hydrogens is 352 g/mol. The fourth-order valence-electron chi connectivity index (χ4n) is 4.21. The van der Waals surface area contributed by atoms with E-state index in [0.29, 0.717) is 35.2 Å². The van der Waals surface area contributed by atoms with Crippen LogP contribution in [0.5, 0.6) is 0 Å². The number of carbonyl (C=O) groups excluding carboxylic acids is 1. The zero-order valence-electron chi connectivity index (χ0n) is 16.8. The highest BCUT2D eigenvalue weighted by Crippen LogP contribution is 2.22. The minimum absolute atomic E-state index is 0.113. The summed E-state index contributed by atoms with van der Waals surface area (Å²) in [6, 6.07) is 7.11. The maximum atomic E-state index is 12.8. The van der Waals surface area contributed by atoms with Gasteiger partial charge in [-0.1, -0.05) is 45.1 Å². The summed E-state index contributed by atoms with van der Waals surface area (Å²) < 4.78 is 1.54. The molecule has 0 radical (unpaired) electrons. The molecule has 1 saturated carbocycles. The summed E-state index contributed by atoms with van der Waals surface area (Å²) in [6.45, 7) is 2.99. The van der Waals surface area contributed by atoms with E-state index in [2.05, 4.69) is 5.32 Å². The number of nitrogens with one attached hydrogen (secondary N) is 1. The number of pyridine rings is 1. The molecule has 1 heterocycles. The Labute approximate surface area is 166 Å². The molecule has 1 aromatic heterocycles. The largest absolute Gasteiger partial charge is 0.391 e. The highest BCUT2D eigenvalue weighted by atomic mass is 16.3. The summed E-state index contributed by atoms with van der Waals surface area (Å²) in [4.78, 5) is 25.6. The maximum Gasteiger partial charge on any atom is 0.258 e. The topological polar surface area (TPSA) is 71.3 Å². The van der Waals surface area contributed by atoms with Crippen LogP contribution in [0.2, 0.25) is 0 Å². The number of carbonyl (C=O) groups is 1. The Hall–Kier alpha value is -2.14. The number of amides is 1. The van der Waals surface area contributed by atoms with Gasteiger partial charge in [-0.3, -0.25) is 9.59 Å². The number of hydrogen-bond donors (Lipinski definition) is 2. The second kappa shape index (κ2) is 9.87. The van der Waals surface area contributed by atoms with E-state index in [-0.39, 0.29) is 18.0 Å². The Morgan fingerprint density at radius 3 is 2.64 bits per heavy atom. The number of benzene rings is 1. The van der Waals surface area contributed by atoms with Crippen LogP contribution in [0.15, 0.2) is 35.3 Å². The molecule has 1 aliphatic rings. The Morgan fingerprint density at radius 1 is 1.18 bits per heavy atom. The van der Waals surface area contributed by atoms with E-state index in [1.807, 2.05) is 13.0 Å². The summed E-state index contributed by atoms with van der Waals surface area (Å²) in [5.41, 5.74) is 0.385. The lowest BCUT2D eigenvalue weighted by atomic mass is 10.00. The summed E-state index contributed by atoms with van der Waals surface area (Å²) >= 11 is 0. The minimum Gasteiger partial charge on any atom is -0.391 e. The van der Waals surface area contributed by atoms with E-state index in [0.717, 1.165) is 6.42 Å². The number of hydrogen-bond acceptors (Lipinski definition) is 3. The molecule has 1 amide bonds. The van der Waals surface area contributed by atoms with Gasteiger partial charge >= 0.3 is 0 Å². The molecule has 0 aliphatic heterocycles. The first-order valence-corrected chi connectivity index (χ1v) is 10.7. The normalized spacial score (nSPS) is 16.6. The van der Waals surface area contributed by atoms with Crippen molar-refractivity contribution in [2.75, 3.05) is 6.54 Å². The summed E-state index contributed by atoms with van der Waals surface area (Å²) in [6.07, 6.45) is 10.1. The van der Waals surface area contributed by atoms with Crippen molar-refractivity contribution in [1.29, 1.82) is 0 Å². The van der Waals surface area contributed by atoms with Crippen molar-refractivity contribution in [3.8, 4) is 0 Å². The van der Waals surface area contributed by atoms with Gasteiger partial charge in [0.25, 0.3) is 11.5 Å². The van der Waals surface area contributed by atoms with Gasteiger partial charge in [0.15, 0.2) is 0 Å². The molecule has 2 N–H and O–H groups in total. The van der Waals surface area contributed by atoms with Crippen LogP contribution in [0, 0.1) is 5.92 Å². The number of aliphatic hydroxyl groups is 1. The van der Waals surface area contributed by atoms with Crippen LogP contribution < -0.4 is 10.9 Å². The zero-order valence-corrected chi connectivity index (χ0v) is 16.8. The standard InChI is InChI=1S/C23H32N2O3/c1-2-8-18(26)16-25-14-13-19-20(11-7-12-21(19)23(25)28)22(27)24-15-17-9-5-3-4-6-10-17/h7,11-14,17-18,26H,2-6,8-10,15-16H2,1H3,(H,24,27). The molecule has 0 saturated heterocycles. The van der Waals surface area contributed by atoms with Gasteiger partial charge in [0.1, 0.15) is 0 Å². The lowest BCUT2D eigenvalue weighted by molar-refractivity contribution is 0.0947. The fraction of sp³-hybridized carbons (Fsp3) is 0.565. The smallest absolute Gasteiger partial charge is 0.258 e. The van der Waals surface area contributed by atoms with Crippen molar-refractivity contribution < 1.29 is 9.90 Å². The van der Waals surface area contributed by atoms with Crippen molar-refractivity contribution in [3.63, 3.8) is 0 Å². The average Bonchev–Trinajstić information content (AvgIpc) is 2.97. The number of aliphatic hydroxyl groups excluding tert-OH is 1. The van der Waals surface area contributed by atoms with Crippen molar-refractivity contribution in [2.45, 2.75) is 70.9 Å². The predicted octanol–water partition coefficient (Wildman–Crippen LogP) is 3.86. The van der Waals surface area contributed by atoms with E-state index in [4.69, 9.17) is 0 Å². The van der Waals surface area contributed by atoms with Gasteiger partial charge in [0.05, 0.1) is 12.6 Å². The Balaban J connectivity index is 1.77.